The zero-order chi connectivity index (χ0) is 29.4. The predicted octanol–water partition coefficient (Wildman–Crippen LogP) is 5.72. The highest BCUT2D eigenvalue weighted by Gasteiger charge is 2.32. The van der Waals surface area contributed by atoms with Crippen molar-refractivity contribution in [1.29, 1.82) is 0 Å². The van der Waals surface area contributed by atoms with Gasteiger partial charge in [0, 0.05) is 0 Å². The van der Waals surface area contributed by atoms with E-state index in [9.17, 15) is 24.6 Å². The normalized spacial score (nSPS) is 11.2. The summed E-state index contributed by atoms with van der Waals surface area (Å²) in [4.78, 5) is 39.5. The summed E-state index contributed by atoms with van der Waals surface area (Å²) < 4.78 is 21.5. The highest BCUT2D eigenvalue weighted by atomic mass is 16.5. The van der Waals surface area contributed by atoms with Crippen LogP contribution in [0.2, 0.25) is 0 Å². The van der Waals surface area contributed by atoms with Crippen molar-refractivity contribution in [3.05, 3.63) is 140 Å². The Balaban J connectivity index is 1.49. The monoisotopic (exact) mass is 562 g/mol. The molecule has 2 heterocycles. The van der Waals surface area contributed by atoms with Gasteiger partial charge in [0.25, 0.3) is 0 Å². The van der Waals surface area contributed by atoms with E-state index in [1.165, 1.54) is 43.5 Å². The summed E-state index contributed by atoms with van der Waals surface area (Å²) in [5, 5.41) is 23.1. The van der Waals surface area contributed by atoms with Crippen LogP contribution in [0.15, 0.2) is 115 Å². The Kier molecular flexibility index (Phi) is 6.68. The topological polar surface area (TPSA) is 136 Å². The first-order valence-corrected chi connectivity index (χ1v) is 12.8. The molecular formula is C33H22O9. The van der Waals surface area contributed by atoms with Crippen molar-refractivity contribution in [3.8, 4) is 23.0 Å². The Labute approximate surface area is 237 Å². The predicted molar refractivity (Wildman–Crippen MR) is 154 cm³/mol. The van der Waals surface area contributed by atoms with Crippen LogP contribution < -0.4 is 20.7 Å². The molecule has 0 atom stereocenters. The maximum atomic E-state index is 13.3. The lowest BCUT2D eigenvalue weighted by molar-refractivity contribution is 0.0734. The van der Waals surface area contributed by atoms with Gasteiger partial charge in [-0.15, -0.1) is 0 Å². The smallest absolute Gasteiger partial charge is 0.344 e. The molecular weight excluding hydrogens is 540 g/mol. The number of carbonyl (C=O) groups is 1. The molecule has 0 spiro atoms. The lowest BCUT2D eigenvalue weighted by atomic mass is 9.84. The molecule has 2 N–H and O–H groups in total. The van der Waals surface area contributed by atoms with E-state index in [4.69, 9.17) is 18.3 Å². The first kappa shape index (κ1) is 26.4. The van der Waals surface area contributed by atoms with Crippen molar-refractivity contribution in [3.63, 3.8) is 0 Å². The van der Waals surface area contributed by atoms with Crippen LogP contribution in [0.3, 0.4) is 0 Å². The zero-order valence-corrected chi connectivity index (χ0v) is 22.1. The number of aromatic hydroxyl groups is 2. The van der Waals surface area contributed by atoms with Gasteiger partial charge in [0.1, 0.15) is 34.2 Å². The molecule has 42 heavy (non-hydrogen) atoms. The fraction of sp³-hybridized carbons (Fsp3) is 0.0606. The lowest BCUT2D eigenvalue weighted by Crippen LogP contribution is -2.21. The zero-order valence-electron chi connectivity index (χ0n) is 22.1. The van der Waals surface area contributed by atoms with Crippen molar-refractivity contribution in [2.45, 2.75) is 5.92 Å². The van der Waals surface area contributed by atoms with Crippen LogP contribution in [-0.2, 0) is 0 Å². The minimum atomic E-state index is -1.32. The summed E-state index contributed by atoms with van der Waals surface area (Å²) in [6, 6.07) is 25.2. The number of hydrogen-bond acceptors (Lipinski definition) is 9. The van der Waals surface area contributed by atoms with Crippen LogP contribution in [-0.4, -0.2) is 23.3 Å². The second-order valence-electron chi connectivity index (χ2n) is 9.42. The van der Waals surface area contributed by atoms with Crippen molar-refractivity contribution >= 4 is 27.9 Å². The van der Waals surface area contributed by atoms with E-state index in [1.54, 1.807) is 60.7 Å². The Morgan fingerprint density at radius 1 is 0.667 bits per heavy atom. The molecule has 0 unspecified atom stereocenters. The third kappa shape index (κ3) is 4.62. The van der Waals surface area contributed by atoms with Gasteiger partial charge in [0.2, 0.25) is 0 Å². The number of benzene rings is 4. The number of fused-ring (bicyclic) bond motifs is 2. The molecule has 0 amide bonds. The standard InChI is InChI=1S/C33H22O9/c1-39-20-14-16-21(17-15-20)40-31(36)19-12-10-18(11-13-19)26(27-29(34)22-6-2-4-8-24(22)41-32(27)37)28-30(35)23-7-3-5-9-25(23)42-33(28)38/h2-17,26,34-35H,1H3. The molecule has 0 aliphatic carbocycles. The van der Waals surface area contributed by atoms with Crippen LogP contribution in [0.25, 0.3) is 21.9 Å². The van der Waals surface area contributed by atoms with Gasteiger partial charge in [0.15, 0.2) is 0 Å². The molecule has 0 bridgehead atoms. The van der Waals surface area contributed by atoms with Crippen molar-refractivity contribution in [1.82, 2.24) is 0 Å². The number of rotatable bonds is 6. The quantitative estimate of drug-likeness (QED) is 0.148. The van der Waals surface area contributed by atoms with Gasteiger partial charge in [-0.1, -0.05) is 36.4 Å². The summed E-state index contributed by atoms with van der Waals surface area (Å²) in [6.45, 7) is 0. The van der Waals surface area contributed by atoms with E-state index >= 15 is 0 Å². The molecule has 0 aliphatic heterocycles. The molecule has 208 valence electrons. The van der Waals surface area contributed by atoms with E-state index in [0.29, 0.717) is 17.1 Å². The number of esters is 1. The maximum absolute atomic E-state index is 13.3. The van der Waals surface area contributed by atoms with E-state index in [-0.39, 0.29) is 38.6 Å². The lowest BCUT2D eigenvalue weighted by Gasteiger charge is -2.20. The minimum absolute atomic E-state index is 0.147. The SMILES string of the molecule is COc1ccc(OC(=O)c2ccc(C(c3c(O)c4ccccc4oc3=O)c3c(O)c4ccccc4oc3=O)cc2)cc1. The molecule has 0 saturated carbocycles. The molecule has 9 nitrogen and oxygen atoms in total. The summed E-state index contributed by atoms with van der Waals surface area (Å²) in [5.74, 6) is -1.89. The Morgan fingerprint density at radius 3 is 1.64 bits per heavy atom. The van der Waals surface area contributed by atoms with Gasteiger partial charge in [-0.25, -0.2) is 14.4 Å². The van der Waals surface area contributed by atoms with Crippen LogP contribution in [0.5, 0.6) is 23.0 Å². The summed E-state index contributed by atoms with van der Waals surface area (Å²) in [6.07, 6.45) is 0. The van der Waals surface area contributed by atoms with Gasteiger partial charge in [-0.2, -0.15) is 0 Å². The van der Waals surface area contributed by atoms with Gasteiger partial charge in [0.05, 0.1) is 40.5 Å². The fourth-order valence-electron chi connectivity index (χ4n) is 4.90. The van der Waals surface area contributed by atoms with Crippen molar-refractivity contribution < 1.29 is 33.3 Å². The van der Waals surface area contributed by atoms with E-state index < -0.39 is 34.6 Å². The van der Waals surface area contributed by atoms with Crippen LogP contribution in [0, 0.1) is 0 Å². The molecule has 9 heteroatoms. The van der Waals surface area contributed by atoms with Crippen LogP contribution in [0.1, 0.15) is 33.0 Å². The van der Waals surface area contributed by atoms with Gasteiger partial charge >= 0.3 is 17.2 Å². The Bertz CT molecular complexity index is 1970. The van der Waals surface area contributed by atoms with Crippen LogP contribution >= 0.6 is 0 Å². The summed E-state index contributed by atoms with van der Waals surface area (Å²) in [5.41, 5.74) is -1.61. The highest BCUT2D eigenvalue weighted by molar-refractivity contribution is 5.91. The second kappa shape index (κ2) is 10.6. The maximum Gasteiger partial charge on any atom is 0.344 e. The first-order chi connectivity index (χ1) is 20.4. The number of methoxy groups -OCH3 is 1. The van der Waals surface area contributed by atoms with E-state index in [1.807, 2.05) is 0 Å². The second-order valence-corrected chi connectivity index (χ2v) is 9.42. The van der Waals surface area contributed by atoms with Crippen molar-refractivity contribution in [2.75, 3.05) is 7.11 Å². The molecule has 4 aromatic carbocycles. The van der Waals surface area contributed by atoms with Gasteiger partial charge in [-0.05, 0) is 66.2 Å². The van der Waals surface area contributed by atoms with Crippen molar-refractivity contribution in [2.24, 2.45) is 0 Å². The van der Waals surface area contributed by atoms with Gasteiger partial charge < -0.3 is 28.5 Å². The highest BCUT2D eigenvalue weighted by Crippen LogP contribution is 2.41. The Morgan fingerprint density at radius 2 is 1.14 bits per heavy atom. The molecule has 0 aliphatic rings. The number of para-hydroxylation sites is 2. The molecule has 6 rings (SSSR count). The fourth-order valence-corrected chi connectivity index (χ4v) is 4.90. The molecule has 6 aromatic rings. The third-order valence-electron chi connectivity index (χ3n) is 6.97. The van der Waals surface area contributed by atoms with Crippen LogP contribution in [0.4, 0.5) is 0 Å². The average molecular weight is 563 g/mol. The molecule has 0 saturated heterocycles. The Hall–Kier alpha value is -5.83. The first-order valence-electron chi connectivity index (χ1n) is 12.8. The molecule has 2 aromatic heterocycles. The number of ether oxygens (including phenoxy) is 2. The van der Waals surface area contributed by atoms with E-state index in [0.717, 1.165) is 0 Å². The minimum Gasteiger partial charge on any atom is -0.507 e. The summed E-state index contributed by atoms with van der Waals surface area (Å²) >= 11 is 0. The number of carbonyl (C=O) groups excluding carboxylic acids is 1. The molecule has 0 radical (unpaired) electrons. The number of hydrogen-bond donors (Lipinski definition) is 2. The third-order valence-corrected chi connectivity index (χ3v) is 6.97. The summed E-state index contributed by atoms with van der Waals surface area (Å²) in [7, 11) is 1.53. The largest absolute Gasteiger partial charge is 0.507 e. The average Bonchev–Trinajstić information content (AvgIpc) is 3.00. The van der Waals surface area contributed by atoms with Gasteiger partial charge in [-0.3, -0.25) is 0 Å². The van der Waals surface area contributed by atoms with E-state index in [2.05, 4.69) is 0 Å². The molecule has 0 fully saturated rings.